The first-order chi connectivity index (χ1) is 5.33. The van der Waals surface area contributed by atoms with E-state index in [4.69, 9.17) is 10.2 Å². The van der Waals surface area contributed by atoms with Crippen molar-refractivity contribution in [2.45, 2.75) is 12.6 Å². The van der Waals surface area contributed by atoms with Crippen LogP contribution in [0.1, 0.15) is 0 Å². The molecule has 0 bridgehead atoms. The Balaban J connectivity index is 2.51. The summed E-state index contributed by atoms with van der Waals surface area (Å²) in [5.74, 6) is 0. The van der Waals surface area contributed by atoms with Crippen LogP contribution in [0.25, 0.3) is 0 Å². The molecule has 0 aliphatic heterocycles. The number of nitrogens with zero attached hydrogens (tertiary/aromatic N) is 1. The van der Waals surface area contributed by atoms with E-state index in [2.05, 4.69) is 0 Å². The van der Waals surface area contributed by atoms with Gasteiger partial charge in [-0.15, -0.1) is 0 Å². The zero-order valence-electron chi connectivity index (χ0n) is 6.22. The Kier molecular flexibility index (Phi) is 3.01. The van der Waals surface area contributed by atoms with Gasteiger partial charge in [0.15, 0.2) is 18.9 Å². The molecule has 0 unspecified atom stereocenters. The predicted molar refractivity (Wildman–Crippen MR) is 39.7 cm³/mol. The Morgan fingerprint density at radius 3 is 2.36 bits per heavy atom. The van der Waals surface area contributed by atoms with Gasteiger partial charge in [0.1, 0.15) is 6.10 Å². The highest BCUT2D eigenvalue weighted by atomic mass is 16.3. The molecular weight excluding hydrogens is 142 g/mol. The first kappa shape index (κ1) is 8.17. The summed E-state index contributed by atoms with van der Waals surface area (Å²) in [5.41, 5.74) is 0. The predicted octanol–water partition coefficient (Wildman–Crippen LogP) is -0.673. The third-order valence-electron chi connectivity index (χ3n) is 1.41. The molecule has 1 rings (SSSR count). The third-order valence-corrected chi connectivity index (χ3v) is 1.41. The number of hydrogen-bond donors (Lipinski definition) is 2. The van der Waals surface area contributed by atoms with E-state index in [0.29, 0.717) is 6.54 Å². The van der Waals surface area contributed by atoms with Gasteiger partial charge in [-0.25, -0.2) is 4.57 Å². The van der Waals surface area contributed by atoms with Gasteiger partial charge in [-0.1, -0.05) is 6.07 Å². The van der Waals surface area contributed by atoms with Crippen LogP contribution in [0.2, 0.25) is 0 Å². The molecule has 3 heteroatoms. The highest BCUT2D eigenvalue weighted by Crippen LogP contribution is 1.81. The summed E-state index contributed by atoms with van der Waals surface area (Å²) in [7, 11) is 0. The van der Waals surface area contributed by atoms with Crippen LogP contribution in [0, 0.1) is 0 Å². The Morgan fingerprint density at radius 2 is 1.82 bits per heavy atom. The van der Waals surface area contributed by atoms with E-state index >= 15 is 0 Å². The summed E-state index contributed by atoms with van der Waals surface area (Å²) in [4.78, 5) is 0. The van der Waals surface area contributed by atoms with Crippen LogP contribution >= 0.6 is 0 Å². The second-order valence-corrected chi connectivity index (χ2v) is 2.41. The Bertz CT molecular complexity index is 201. The molecule has 2 N–H and O–H groups in total. The summed E-state index contributed by atoms with van der Waals surface area (Å²) >= 11 is 0. The molecule has 0 saturated carbocycles. The van der Waals surface area contributed by atoms with Gasteiger partial charge in [0.2, 0.25) is 0 Å². The zero-order valence-corrected chi connectivity index (χ0v) is 6.22. The van der Waals surface area contributed by atoms with Gasteiger partial charge in [-0.05, 0) is 0 Å². The first-order valence-corrected chi connectivity index (χ1v) is 3.56. The van der Waals surface area contributed by atoms with Crippen LogP contribution in [0.3, 0.4) is 0 Å². The van der Waals surface area contributed by atoms with Crippen molar-refractivity contribution in [3.63, 3.8) is 0 Å². The van der Waals surface area contributed by atoms with Crippen molar-refractivity contribution in [3.05, 3.63) is 30.6 Å². The van der Waals surface area contributed by atoms with E-state index in [-0.39, 0.29) is 6.61 Å². The molecular formula is C8H12NO2+. The third kappa shape index (κ3) is 2.65. The Hall–Kier alpha value is -0.930. The minimum absolute atomic E-state index is 0.193. The van der Waals surface area contributed by atoms with Crippen molar-refractivity contribution in [1.29, 1.82) is 0 Å². The van der Waals surface area contributed by atoms with Crippen molar-refractivity contribution >= 4 is 0 Å². The molecule has 0 aliphatic rings. The van der Waals surface area contributed by atoms with Gasteiger partial charge >= 0.3 is 0 Å². The number of hydrogen-bond acceptors (Lipinski definition) is 2. The van der Waals surface area contributed by atoms with Crippen LogP contribution < -0.4 is 4.57 Å². The van der Waals surface area contributed by atoms with Gasteiger partial charge in [0.05, 0.1) is 6.61 Å². The highest BCUT2D eigenvalue weighted by molar-refractivity contribution is 4.83. The second kappa shape index (κ2) is 4.05. The molecule has 0 aliphatic carbocycles. The minimum Gasteiger partial charge on any atom is -0.393 e. The summed E-state index contributed by atoms with van der Waals surface area (Å²) in [6.45, 7) is 0.249. The molecule has 11 heavy (non-hydrogen) atoms. The monoisotopic (exact) mass is 154 g/mol. The molecule has 1 aromatic heterocycles. The van der Waals surface area contributed by atoms with Crippen molar-refractivity contribution in [2.75, 3.05) is 6.61 Å². The van der Waals surface area contributed by atoms with E-state index in [0.717, 1.165) is 0 Å². The van der Waals surface area contributed by atoms with E-state index in [1.54, 1.807) is 0 Å². The van der Waals surface area contributed by atoms with Crippen LogP contribution in [-0.4, -0.2) is 22.9 Å². The smallest absolute Gasteiger partial charge is 0.176 e. The standard InChI is InChI=1S/C8H12NO2/c10-7-8(11)6-9-4-2-1-3-5-9/h1-5,8,10-11H,6-7H2/q+1/t8-/m0/s1. The fourth-order valence-electron chi connectivity index (χ4n) is 0.857. The van der Waals surface area contributed by atoms with Crippen molar-refractivity contribution in [3.8, 4) is 0 Å². The second-order valence-electron chi connectivity index (χ2n) is 2.41. The van der Waals surface area contributed by atoms with E-state index in [1.165, 1.54) is 0 Å². The Morgan fingerprint density at radius 1 is 1.18 bits per heavy atom. The van der Waals surface area contributed by atoms with Crippen molar-refractivity contribution in [2.24, 2.45) is 0 Å². The molecule has 0 amide bonds. The minimum atomic E-state index is -0.664. The van der Waals surface area contributed by atoms with Crippen molar-refractivity contribution < 1.29 is 14.8 Å². The normalized spacial score (nSPS) is 12.9. The number of aromatic nitrogens is 1. The largest absolute Gasteiger partial charge is 0.393 e. The molecule has 0 saturated heterocycles. The highest BCUT2D eigenvalue weighted by Gasteiger charge is 2.07. The Labute approximate surface area is 65.5 Å². The fourth-order valence-corrected chi connectivity index (χ4v) is 0.857. The SMILES string of the molecule is OC[C@@H](O)C[n+]1ccccc1. The molecule has 1 heterocycles. The average Bonchev–Trinajstić information content (AvgIpc) is 2.06. The maximum absolute atomic E-state index is 9.04. The summed E-state index contributed by atoms with van der Waals surface area (Å²) in [6.07, 6.45) is 3.03. The molecule has 0 fully saturated rings. The molecule has 60 valence electrons. The summed E-state index contributed by atoms with van der Waals surface area (Å²) in [5, 5.41) is 17.6. The van der Waals surface area contributed by atoms with E-state index in [1.807, 2.05) is 35.2 Å². The lowest BCUT2D eigenvalue weighted by Gasteiger charge is -2.01. The van der Waals surface area contributed by atoms with Gasteiger partial charge < -0.3 is 10.2 Å². The zero-order chi connectivity index (χ0) is 8.10. The lowest BCUT2D eigenvalue weighted by atomic mass is 10.3. The van der Waals surface area contributed by atoms with Gasteiger partial charge in [-0.2, -0.15) is 0 Å². The molecule has 1 aromatic rings. The lowest BCUT2D eigenvalue weighted by Crippen LogP contribution is -2.40. The van der Waals surface area contributed by atoms with Gasteiger partial charge in [0, 0.05) is 12.1 Å². The van der Waals surface area contributed by atoms with Gasteiger partial charge in [0.25, 0.3) is 0 Å². The molecule has 0 spiro atoms. The lowest BCUT2D eigenvalue weighted by molar-refractivity contribution is -0.703. The number of pyridine rings is 1. The fraction of sp³-hybridized carbons (Fsp3) is 0.375. The number of rotatable bonds is 3. The quantitative estimate of drug-likeness (QED) is 0.567. The maximum atomic E-state index is 9.04. The molecule has 3 nitrogen and oxygen atoms in total. The van der Waals surface area contributed by atoms with Crippen molar-refractivity contribution in [1.82, 2.24) is 0 Å². The van der Waals surface area contributed by atoms with Crippen LogP contribution in [0.5, 0.6) is 0 Å². The van der Waals surface area contributed by atoms with Crippen LogP contribution in [0.4, 0.5) is 0 Å². The summed E-state index contributed by atoms with van der Waals surface area (Å²) in [6, 6.07) is 5.66. The molecule has 0 aromatic carbocycles. The van der Waals surface area contributed by atoms with E-state index in [9.17, 15) is 0 Å². The first-order valence-electron chi connectivity index (χ1n) is 3.56. The van der Waals surface area contributed by atoms with Crippen LogP contribution in [-0.2, 0) is 6.54 Å². The molecule has 0 radical (unpaired) electrons. The topological polar surface area (TPSA) is 44.3 Å². The molecule has 1 atom stereocenters. The average molecular weight is 154 g/mol. The van der Waals surface area contributed by atoms with Gasteiger partial charge in [-0.3, -0.25) is 0 Å². The number of aliphatic hydroxyl groups excluding tert-OH is 2. The van der Waals surface area contributed by atoms with E-state index < -0.39 is 6.10 Å². The maximum Gasteiger partial charge on any atom is 0.176 e. The van der Waals surface area contributed by atoms with Crippen LogP contribution in [0.15, 0.2) is 30.6 Å². The number of aliphatic hydroxyl groups is 2. The summed E-state index contributed by atoms with van der Waals surface area (Å²) < 4.78 is 1.82.